The molecule has 24 heavy (non-hydrogen) atoms. The zero-order valence-electron chi connectivity index (χ0n) is 11.4. The maximum absolute atomic E-state index is 13.4. The van der Waals surface area contributed by atoms with E-state index in [1.807, 2.05) is 0 Å². The van der Waals surface area contributed by atoms with Crippen LogP contribution >= 0.6 is 23.2 Å². The van der Waals surface area contributed by atoms with Crippen molar-refractivity contribution in [2.45, 2.75) is 0 Å². The molecule has 0 aliphatic carbocycles. The van der Waals surface area contributed by atoms with Crippen molar-refractivity contribution in [1.82, 2.24) is 0 Å². The van der Waals surface area contributed by atoms with Gasteiger partial charge in [-0.15, -0.1) is 0 Å². The first kappa shape index (κ1) is 18.2. The summed E-state index contributed by atoms with van der Waals surface area (Å²) < 4.78 is 65.8. The van der Waals surface area contributed by atoms with Crippen molar-refractivity contribution in [3.05, 3.63) is 69.0 Å². The summed E-state index contributed by atoms with van der Waals surface area (Å²) in [7, 11) is 0. The Bertz CT molecular complexity index is 825. The van der Waals surface area contributed by atoms with E-state index in [2.05, 4.69) is 0 Å². The fourth-order valence-corrected chi connectivity index (χ4v) is 2.15. The molecular weight excluding hydrogens is 376 g/mol. The lowest BCUT2D eigenvalue weighted by Gasteiger charge is -2.08. The summed E-state index contributed by atoms with van der Waals surface area (Å²) in [4.78, 5) is 11.6. The molecule has 0 saturated heterocycles. The Kier molecular flexibility index (Phi) is 5.46. The van der Waals surface area contributed by atoms with Crippen molar-refractivity contribution >= 4 is 40.9 Å². The average molecular weight is 382 g/mol. The van der Waals surface area contributed by atoms with E-state index in [0.717, 1.165) is 6.08 Å². The number of carbonyl (C=O) groups excluding carboxylic acids is 1. The van der Waals surface area contributed by atoms with Gasteiger partial charge < -0.3 is 5.32 Å². The van der Waals surface area contributed by atoms with Crippen molar-refractivity contribution in [3.8, 4) is 0 Å². The highest BCUT2D eigenvalue weighted by atomic mass is 35.5. The van der Waals surface area contributed by atoms with Crippen LogP contribution in [0.3, 0.4) is 0 Å². The number of carbonyl (C=O) groups is 1. The number of benzene rings is 2. The number of hydrogen-bond donors (Lipinski definition) is 1. The Morgan fingerprint density at radius 2 is 1.46 bits per heavy atom. The SMILES string of the molecule is O=C(C=Cc1ccc(Cl)cc1Cl)Nc1c(F)c(F)c(F)c(F)c1F. The summed E-state index contributed by atoms with van der Waals surface area (Å²) in [5, 5.41) is 2.14. The molecule has 0 radical (unpaired) electrons. The molecule has 2 nitrogen and oxygen atoms in total. The van der Waals surface area contributed by atoms with Crippen LogP contribution < -0.4 is 5.32 Å². The van der Waals surface area contributed by atoms with Crippen LogP contribution in [-0.4, -0.2) is 5.91 Å². The van der Waals surface area contributed by atoms with Crippen molar-refractivity contribution in [1.29, 1.82) is 0 Å². The first-order chi connectivity index (χ1) is 11.2. The Hall–Kier alpha value is -2.12. The fourth-order valence-electron chi connectivity index (χ4n) is 1.68. The minimum atomic E-state index is -2.31. The lowest BCUT2D eigenvalue weighted by Crippen LogP contribution is -2.14. The van der Waals surface area contributed by atoms with E-state index in [4.69, 9.17) is 23.2 Å². The van der Waals surface area contributed by atoms with Crippen LogP contribution in [0.5, 0.6) is 0 Å². The van der Waals surface area contributed by atoms with Gasteiger partial charge in [0.05, 0.1) is 0 Å². The van der Waals surface area contributed by atoms with Crippen LogP contribution in [0.1, 0.15) is 5.56 Å². The Morgan fingerprint density at radius 1 is 0.917 bits per heavy atom. The molecule has 0 aliphatic heterocycles. The molecule has 0 bridgehead atoms. The van der Waals surface area contributed by atoms with E-state index in [0.29, 0.717) is 10.6 Å². The zero-order chi connectivity index (χ0) is 18.0. The van der Waals surface area contributed by atoms with E-state index in [9.17, 15) is 26.7 Å². The van der Waals surface area contributed by atoms with Gasteiger partial charge in [0, 0.05) is 16.1 Å². The van der Waals surface area contributed by atoms with E-state index >= 15 is 0 Å². The molecule has 0 saturated carbocycles. The van der Waals surface area contributed by atoms with E-state index < -0.39 is 40.7 Å². The van der Waals surface area contributed by atoms with Crippen molar-refractivity contribution in [2.24, 2.45) is 0 Å². The highest BCUT2D eigenvalue weighted by molar-refractivity contribution is 6.35. The smallest absolute Gasteiger partial charge is 0.248 e. The largest absolute Gasteiger partial charge is 0.317 e. The summed E-state index contributed by atoms with van der Waals surface area (Å²) in [5.41, 5.74) is -1.09. The lowest BCUT2D eigenvalue weighted by molar-refractivity contribution is -0.111. The Labute approximate surface area is 142 Å². The van der Waals surface area contributed by atoms with Crippen LogP contribution in [0, 0.1) is 29.1 Å². The third-order valence-electron chi connectivity index (χ3n) is 2.83. The highest BCUT2D eigenvalue weighted by Gasteiger charge is 2.26. The minimum absolute atomic E-state index is 0.197. The number of amides is 1. The second kappa shape index (κ2) is 7.19. The lowest BCUT2D eigenvalue weighted by atomic mass is 10.2. The maximum atomic E-state index is 13.4. The second-order valence-electron chi connectivity index (χ2n) is 4.43. The van der Waals surface area contributed by atoms with Gasteiger partial charge in [0.15, 0.2) is 23.3 Å². The first-order valence-electron chi connectivity index (χ1n) is 6.18. The van der Waals surface area contributed by atoms with Crippen LogP contribution in [0.2, 0.25) is 10.0 Å². The number of hydrogen-bond acceptors (Lipinski definition) is 1. The molecule has 126 valence electrons. The number of halogens is 7. The normalized spacial score (nSPS) is 11.1. The quantitative estimate of drug-likeness (QED) is 0.330. The van der Waals surface area contributed by atoms with Gasteiger partial charge in [-0.3, -0.25) is 4.79 Å². The summed E-state index contributed by atoms with van der Waals surface area (Å²) in [5.74, 6) is -12.0. The first-order valence-corrected chi connectivity index (χ1v) is 6.93. The van der Waals surface area contributed by atoms with Gasteiger partial charge in [0.2, 0.25) is 11.7 Å². The molecule has 0 aromatic heterocycles. The molecule has 2 rings (SSSR count). The second-order valence-corrected chi connectivity index (χ2v) is 5.28. The van der Waals surface area contributed by atoms with Crippen LogP contribution in [0.25, 0.3) is 6.08 Å². The number of anilines is 1. The topological polar surface area (TPSA) is 29.1 Å². The average Bonchev–Trinajstić information content (AvgIpc) is 2.54. The predicted octanol–water partition coefficient (Wildman–Crippen LogP) is 5.34. The summed E-state index contributed by atoms with van der Waals surface area (Å²) in [6.07, 6.45) is 1.99. The molecular formula is C15H6Cl2F5NO. The van der Waals surface area contributed by atoms with Gasteiger partial charge in [0.1, 0.15) is 5.69 Å². The third-order valence-corrected chi connectivity index (χ3v) is 3.40. The van der Waals surface area contributed by atoms with E-state index in [1.165, 1.54) is 24.3 Å². The van der Waals surface area contributed by atoms with Crippen LogP contribution in [0.15, 0.2) is 24.3 Å². The molecule has 1 N–H and O–H groups in total. The van der Waals surface area contributed by atoms with Crippen LogP contribution in [-0.2, 0) is 4.79 Å². The van der Waals surface area contributed by atoms with Gasteiger partial charge >= 0.3 is 0 Å². The van der Waals surface area contributed by atoms with E-state index in [-0.39, 0.29) is 5.02 Å². The van der Waals surface area contributed by atoms with Crippen molar-refractivity contribution in [3.63, 3.8) is 0 Å². The van der Waals surface area contributed by atoms with Gasteiger partial charge in [-0.25, -0.2) is 22.0 Å². The standard InChI is InChI=1S/C15H6Cl2F5NO/c16-7-3-1-6(8(17)5-7)2-4-9(24)23-15-13(21)11(19)10(18)12(20)14(15)22/h1-5H,(H,23,24). The van der Waals surface area contributed by atoms with Crippen molar-refractivity contribution < 1.29 is 26.7 Å². The molecule has 0 unspecified atom stereocenters. The molecule has 9 heteroatoms. The maximum Gasteiger partial charge on any atom is 0.248 e. The van der Waals surface area contributed by atoms with Gasteiger partial charge in [-0.05, 0) is 23.8 Å². The molecule has 0 heterocycles. The van der Waals surface area contributed by atoms with Gasteiger partial charge in [0.25, 0.3) is 0 Å². The predicted molar refractivity (Wildman–Crippen MR) is 80.4 cm³/mol. The fraction of sp³-hybridized carbons (Fsp3) is 0. The molecule has 0 spiro atoms. The van der Waals surface area contributed by atoms with Gasteiger partial charge in [-0.1, -0.05) is 29.3 Å². The molecule has 1 amide bonds. The number of nitrogens with one attached hydrogen (secondary N) is 1. The van der Waals surface area contributed by atoms with Crippen molar-refractivity contribution in [2.75, 3.05) is 5.32 Å². The monoisotopic (exact) mass is 381 g/mol. The Morgan fingerprint density at radius 3 is 2.00 bits per heavy atom. The molecule has 0 atom stereocenters. The molecule has 2 aromatic carbocycles. The summed E-state index contributed by atoms with van der Waals surface area (Å²) in [6, 6.07) is 4.34. The van der Waals surface area contributed by atoms with Gasteiger partial charge in [-0.2, -0.15) is 0 Å². The molecule has 0 aliphatic rings. The molecule has 0 fully saturated rings. The number of rotatable bonds is 3. The van der Waals surface area contributed by atoms with Crippen LogP contribution in [0.4, 0.5) is 27.6 Å². The zero-order valence-corrected chi connectivity index (χ0v) is 13.0. The summed E-state index contributed by atoms with van der Waals surface area (Å²) >= 11 is 11.5. The third kappa shape index (κ3) is 3.68. The highest BCUT2D eigenvalue weighted by Crippen LogP contribution is 2.27. The Balaban J connectivity index is 2.26. The molecule has 2 aromatic rings. The minimum Gasteiger partial charge on any atom is -0.317 e. The summed E-state index contributed by atoms with van der Waals surface area (Å²) in [6.45, 7) is 0. The van der Waals surface area contributed by atoms with E-state index in [1.54, 1.807) is 5.32 Å².